The Morgan fingerprint density at radius 1 is 1.22 bits per heavy atom. The summed E-state index contributed by atoms with van der Waals surface area (Å²) in [7, 11) is 0. The highest BCUT2D eigenvalue weighted by atomic mass is 32.1. The first kappa shape index (κ1) is 15.2. The lowest BCUT2D eigenvalue weighted by atomic mass is 10.2. The first-order chi connectivity index (χ1) is 11.2. The van der Waals surface area contributed by atoms with Gasteiger partial charge in [0.15, 0.2) is 0 Å². The molecule has 0 unspecified atom stereocenters. The minimum absolute atomic E-state index is 0.285. The maximum absolute atomic E-state index is 13.3. The first-order valence-electron chi connectivity index (χ1n) is 7.00. The zero-order chi connectivity index (χ0) is 16.2. The Bertz CT molecular complexity index is 822. The molecule has 0 N–H and O–H groups in total. The Balaban J connectivity index is 1.90. The van der Waals surface area contributed by atoms with Crippen LogP contribution in [0, 0.1) is 5.82 Å². The minimum atomic E-state index is -0.443. The van der Waals surface area contributed by atoms with Gasteiger partial charge in [0.1, 0.15) is 10.8 Å². The minimum Gasteiger partial charge on any atom is -0.283 e. The van der Waals surface area contributed by atoms with E-state index in [9.17, 15) is 9.18 Å². The van der Waals surface area contributed by atoms with Crippen molar-refractivity contribution in [1.82, 2.24) is 15.2 Å². The monoisotopic (exact) mass is 328 g/mol. The lowest BCUT2D eigenvalue weighted by Gasteiger charge is -2.16. The Labute approximate surface area is 136 Å². The van der Waals surface area contributed by atoms with Crippen LogP contribution < -0.4 is 4.90 Å². The van der Waals surface area contributed by atoms with Crippen LogP contribution in [0.15, 0.2) is 48.8 Å². The molecule has 3 rings (SSSR count). The Hall–Kier alpha value is -2.67. The summed E-state index contributed by atoms with van der Waals surface area (Å²) in [6.45, 7) is 2.25. The molecule has 0 fully saturated rings. The van der Waals surface area contributed by atoms with Gasteiger partial charge in [-0.05, 0) is 37.3 Å². The second-order valence-electron chi connectivity index (χ2n) is 4.69. The molecule has 0 aliphatic heterocycles. The van der Waals surface area contributed by atoms with Crippen LogP contribution in [0.1, 0.15) is 17.3 Å². The van der Waals surface area contributed by atoms with E-state index >= 15 is 0 Å². The SMILES string of the molecule is CCN(C(=O)c1cccc(F)c1)c1nnc(-c2ccncc2)s1. The van der Waals surface area contributed by atoms with Gasteiger partial charge in [-0.15, -0.1) is 10.2 Å². The van der Waals surface area contributed by atoms with Gasteiger partial charge in [-0.25, -0.2) is 4.39 Å². The van der Waals surface area contributed by atoms with E-state index in [1.807, 2.05) is 19.1 Å². The van der Waals surface area contributed by atoms with Gasteiger partial charge in [-0.1, -0.05) is 17.4 Å². The van der Waals surface area contributed by atoms with Crippen molar-refractivity contribution in [3.05, 3.63) is 60.2 Å². The molecule has 1 aromatic carbocycles. The quantitative estimate of drug-likeness (QED) is 0.736. The topological polar surface area (TPSA) is 59.0 Å². The van der Waals surface area contributed by atoms with Crippen LogP contribution in [0.25, 0.3) is 10.6 Å². The van der Waals surface area contributed by atoms with Crippen LogP contribution in [0.5, 0.6) is 0 Å². The van der Waals surface area contributed by atoms with Crippen molar-refractivity contribution in [3.8, 4) is 10.6 Å². The van der Waals surface area contributed by atoms with Crippen molar-refractivity contribution in [2.45, 2.75) is 6.92 Å². The van der Waals surface area contributed by atoms with E-state index < -0.39 is 5.82 Å². The molecule has 2 heterocycles. The summed E-state index contributed by atoms with van der Waals surface area (Å²) >= 11 is 1.31. The summed E-state index contributed by atoms with van der Waals surface area (Å²) in [5.41, 5.74) is 1.17. The molecule has 0 aliphatic rings. The summed E-state index contributed by atoms with van der Waals surface area (Å²) in [4.78, 5) is 18.0. The van der Waals surface area contributed by atoms with Crippen LogP contribution in [0.3, 0.4) is 0 Å². The normalized spacial score (nSPS) is 10.5. The van der Waals surface area contributed by atoms with E-state index in [1.54, 1.807) is 18.5 Å². The highest BCUT2D eigenvalue weighted by Crippen LogP contribution is 2.29. The second kappa shape index (κ2) is 6.62. The number of benzene rings is 1. The van der Waals surface area contributed by atoms with Crippen molar-refractivity contribution < 1.29 is 9.18 Å². The van der Waals surface area contributed by atoms with Gasteiger partial charge < -0.3 is 0 Å². The van der Waals surface area contributed by atoms with E-state index in [4.69, 9.17) is 0 Å². The van der Waals surface area contributed by atoms with Crippen molar-refractivity contribution in [2.24, 2.45) is 0 Å². The maximum atomic E-state index is 13.3. The zero-order valence-electron chi connectivity index (χ0n) is 12.3. The predicted molar refractivity (Wildman–Crippen MR) is 86.9 cm³/mol. The summed E-state index contributed by atoms with van der Waals surface area (Å²) in [5.74, 6) is -0.744. The fourth-order valence-electron chi connectivity index (χ4n) is 2.08. The lowest BCUT2D eigenvalue weighted by molar-refractivity contribution is 0.0987. The third-order valence-corrected chi connectivity index (χ3v) is 4.20. The predicted octanol–water partition coefficient (Wildman–Crippen LogP) is 3.41. The van der Waals surface area contributed by atoms with Gasteiger partial charge in [-0.3, -0.25) is 14.7 Å². The Kier molecular flexibility index (Phi) is 4.38. The van der Waals surface area contributed by atoms with E-state index in [0.29, 0.717) is 16.7 Å². The standard InChI is InChI=1S/C16H13FN4OS/c1-2-21(15(22)12-4-3-5-13(17)10-12)16-20-19-14(23-16)11-6-8-18-9-7-11/h3-10H,2H2,1H3. The first-order valence-corrected chi connectivity index (χ1v) is 7.82. The number of nitrogens with zero attached hydrogens (tertiary/aromatic N) is 4. The van der Waals surface area contributed by atoms with E-state index in [1.165, 1.54) is 34.4 Å². The number of aromatic nitrogens is 3. The van der Waals surface area contributed by atoms with E-state index in [2.05, 4.69) is 15.2 Å². The largest absolute Gasteiger partial charge is 0.283 e. The van der Waals surface area contributed by atoms with Crippen molar-refractivity contribution in [1.29, 1.82) is 0 Å². The van der Waals surface area contributed by atoms with Crippen LogP contribution >= 0.6 is 11.3 Å². The molecule has 23 heavy (non-hydrogen) atoms. The van der Waals surface area contributed by atoms with Crippen LogP contribution in [-0.2, 0) is 0 Å². The third kappa shape index (κ3) is 3.24. The lowest BCUT2D eigenvalue weighted by Crippen LogP contribution is -2.30. The second-order valence-corrected chi connectivity index (χ2v) is 5.64. The molecule has 0 saturated heterocycles. The summed E-state index contributed by atoms with van der Waals surface area (Å²) in [5, 5.41) is 9.40. The van der Waals surface area contributed by atoms with E-state index in [0.717, 1.165) is 5.56 Å². The molecule has 3 aromatic rings. The highest BCUT2D eigenvalue weighted by Gasteiger charge is 2.20. The molecular formula is C16H13FN4OS. The average molecular weight is 328 g/mol. The van der Waals surface area contributed by atoms with Gasteiger partial charge in [0.2, 0.25) is 5.13 Å². The molecule has 0 saturated carbocycles. The average Bonchev–Trinajstić information content (AvgIpc) is 3.06. The van der Waals surface area contributed by atoms with Crippen molar-refractivity contribution >= 4 is 22.4 Å². The Morgan fingerprint density at radius 2 is 2.00 bits per heavy atom. The molecule has 0 aliphatic carbocycles. The number of anilines is 1. The van der Waals surface area contributed by atoms with Crippen molar-refractivity contribution in [2.75, 3.05) is 11.4 Å². The van der Waals surface area contributed by atoms with Crippen LogP contribution in [0.4, 0.5) is 9.52 Å². The number of carbonyl (C=O) groups excluding carboxylic acids is 1. The number of rotatable bonds is 4. The molecule has 5 nitrogen and oxygen atoms in total. The van der Waals surface area contributed by atoms with Gasteiger partial charge in [0, 0.05) is 30.1 Å². The maximum Gasteiger partial charge on any atom is 0.260 e. The van der Waals surface area contributed by atoms with E-state index in [-0.39, 0.29) is 11.5 Å². The molecule has 0 bridgehead atoms. The summed E-state index contributed by atoms with van der Waals surface area (Å²) in [6.07, 6.45) is 3.35. The number of hydrogen-bond acceptors (Lipinski definition) is 5. The fourth-order valence-corrected chi connectivity index (χ4v) is 2.99. The molecular weight excluding hydrogens is 315 g/mol. The highest BCUT2D eigenvalue weighted by molar-refractivity contribution is 7.18. The molecule has 116 valence electrons. The van der Waals surface area contributed by atoms with Crippen LogP contribution in [-0.4, -0.2) is 27.6 Å². The number of halogens is 1. The van der Waals surface area contributed by atoms with Gasteiger partial charge in [0.05, 0.1) is 0 Å². The zero-order valence-corrected chi connectivity index (χ0v) is 13.1. The number of pyridine rings is 1. The smallest absolute Gasteiger partial charge is 0.260 e. The van der Waals surface area contributed by atoms with Crippen molar-refractivity contribution in [3.63, 3.8) is 0 Å². The third-order valence-electron chi connectivity index (χ3n) is 3.21. The molecule has 0 atom stereocenters. The van der Waals surface area contributed by atoms with Gasteiger partial charge in [0.25, 0.3) is 5.91 Å². The molecule has 0 radical (unpaired) electrons. The number of amides is 1. The molecule has 0 spiro atoms. The number of hydrogen-bond donors (Lipinski definition) is 0. The molecule has 1 amide bonds. The fraction of sp³-hybridized carbons (Fsp3) is 0.125. The Morgan fingerprint density at radius 3 is 2.70 bits per heavy atom. The van der Waals surface area contributed by atoms with Crippen LogP contribution in [0.2, 0.25) is 0 Å². The summed E-state index contributed by atoms with van der Waals surface area (Å²) < 4.78 is 13.3. The molecule has 7 heteroatoms. The van der Waals surface area contributed by atoms with Gasteiger partial charge in [-0.2, -0.15) is 0 Å². The summed E-state index contributed by atoms with van der Waals surface area (Å²) in [6, 6.07) is 9.27. The van der Waals surface area contributed by atoms with Gasteiger partial charge >= 0.3 is 0 Å². The molecule has 2 aromatic heterocycles. The number of carbonyl (C=O) groups is 1.